The van der Waals surface area contributed by atoms with Crippen LogP contribution in [-0.4, -0.2) is 6.54 Å². The number of anilines is 2. The summed E-state index contributed by atoms with van der Waals surface area (Å²) in [7, 11) is 0. The summed E-state index contributed by atoms with van der Waals surface area (Å²) in [4.78, 5) is 0. The summed E-state index contributed by atoms with van der Waals surface area (Å²) in [6.45, 7) is 2.72. The van der Waals surface area contributed by atoms with E-state index in [2.05, 4.69) is 30.4 Å². The van der Waals surface area contributed by atoms with Crippen molar-refractivity contribution < 1.29 is 4.39 Å². The summed E-state index contributed by atoms with van der Waals surface area (Å²) in [6.07, 6.45) is 0.843. The molecule has 0 aliphatic carbocycles. The van der Waals surface area contributed by atoms with E-state index < -0.39 is 0 Å². The molecule has 0 bridgehead atoms. The van der Waals surface area contributed by atoms with Gasteiger partial charge in [-0.15, -0.1) is 0 Å². The minimum Gasteiger partial charge on any atom is -0.397 e. The normalized spacial score (nSPS) is 10.3. The van der Waals surface area contributed by atoms with Gasteiger partial charge in [0.1, 0.15) is 5.82 Å². The molecule has 2 nitrogen and oxygen atoms in total. The number of hydrogen-bond acceptors (Lipinski definition) is 2. The van der Waals surface area contributed by atoms with E-state index in [9.17, 15) is 4.39 Å². The Bertz CT molecular complexity index is 518. The second-order valence-corrected chi connectivity index (χ2v) is 4.37. The first kappa shape index (κ1) is 12.4. The third kappa shape index (κ3) is 3.00. The van der Waals surface area contributed by atoms with E-state index >= 15 is 0 Å². The third-order valence-electron chi connectivity index (χ3n) is 2.84. The predicted octanol–water partition coefficient (Wildman–Crippen LogP) is 3.37. The molecule has 0 aliphatic heterocycles. The van der Waals surface area contributed by atoms with Crippen molar-refractivity contribution in [2.45, 2.75) is 13.3 Å². The van der Waals surface area contributed by atoms with Gasteiger partial charge in [-0.25, -0.2) is 4.39 Å². The predicted molar refractivity (Wildman–Crippen MR) is 74.2 cm³/mol. The van der Waals surface area contributed by atoms with E-state index in [1.54, 1.807) is 12.1 Å². The number of aryl methyl sites for hydroxylation is 1. The largest absolute Gasteiger partial charge is 0.397 e. The Morgan fingerprint density at radius 2 is 1.94 bits per heavy atom. The van der Waals surface area contributed by atoms with Crippen LogP contribution < -0.4 is 11.1 Å². The van der Waals surface area contributed by atoms with E-state index in [-0.39, 0.29) is 5.82 Å². The van der Waals surface area contributed by atoms with Crippen LogP contribution in [0, 0.1) is 12.7 Å². The number of rotatable bonds is 4. The maximum absolute atomic E-state index is 13.5. The topological polar surface area (TPSA) is 38.0 Å². The molecule has 2 aromatic carbocycles. The molecule has 0 atom stereocenters. The lowest BCUT2D eigenvalue weighted by Gasteiger charge is -2.10. The van der Waals surface area contributed by atoms with Crippen molar-refractivity contribution in [1.29, 1.82) is 0 Å². The highest BCUT2D eigenvalue weighted by atomic mass is 19.1. The Morgan fingerprint density at radius 1 is 1.17 bits per heavy atom. The highest BCUT2D eigenvalue weighted by Crippen LogP contribution is 2.21. The van der Waals surface area contributed by atoms with Crippen LogP contribution >= 0.6 is 0 Å². The second-order valence-electron chi connectivity index (χ2n) is 4.37. The number of benzene rings is 2. The molecule has 0 radical (unpaired) electrons. The fourth-order valence-electron chi connectivity index (χ4n) is 1.93. The van der Waals surface area contributed by atoms with Gasteiger partial charge >= 0.3 is 0 Å². The molecular weight excluding hydrogens is 227 g/mol. The average Bonchev–Trinajstić information content (AvgIpc) is 2.33. The van der Waals surface area contributed by atoms with Crippen LogP contribution in [-0.2, 0) is 6.42 Å². The molecular formula is C15H17FN2. The average molecular weight is 244 g/mol. The van der Waals surface area contributed by atoms with Crippen molar-refractivity contribution in [3.8, 4) is 0 Å². The molecule has 0 aliphatic rings. The lowest BCUT2D eigenvalue weighted by Crippen LogP contribution is -2.08. The summed E-state index contributed by atoms with van der Waals surface area (Å²) in [5.74, 6) is -0.306. The molecule has 94 valence electrons. The second kappa shape index (κ2) is 5.54. The van der Waals surface area contributed by atoms with Gasteiger partial charge < -0.3 is 11.1 Å². The summed E-state index contributed by atoms with van der Waals surface area (Å²) in [6, 6.07) is 13.0. The van der Waals surface area contributed by atoms with Gasteiger partial charge in [-0.3, -0.25) is 0 Å². The van der Waals surface area contributed by atoms with Gasteiger partial charge in [0.2, 0.25) is 0 Å². The van der Waals surface area contributed by atoms with Crippen molar-refractivity contribution in [3.63, 3.8) is 0 Å². The molecule has 0 amide bonds. The number of hydrogen-bond donors (Lipinski definition) is 2. The summed E-state index contributed by atoms with van der Waals surface area (Å²) in [5, 5.41) is 3.05. The summed E-state index contributed by atoms with van der Waals surface area (Å²) in [5.41, 5.74) is 9.03. The van der Waals surface area contributed by atoms with Crippen LogP contribution in [0.1, 0.15) is 11.1 Å². The lowest BCUT2D eigenvalue weighted by molar-refractivity contribution is 0.630. The zero-order valence-electron chi connectivity index (χ0n) is 10.4. The highest BCUT2D eigenvalue weighted by molar-refractivity contribution is 5.66. The number of nitrogens with one attached hydrogen (secondary N) is 1. The first-order chi connectivity index (χ1) is 8.66. The Morgan fingerprint density at radius 3 is 2.67 bits per heavy atom. The van der Waals surface area contributed by atoms with Gasteiger partial charge in [-0.2, -0.15) is 0 Å². The summed E-state index contributed by atoms with van der Waals surface area (Å²) < 4.78 is 13.5. The SMILES string of the molecule is Cc1cccc(CCNc2c(N)cccc2F)c1. The maximum atomic E-state index is 13.5. The van der Waals surface area contributed by atoms with Gasteiger partial charge in [0, 0.05) is 6.54 Å². The molecule has 0 saturated heterocycles. The van der Waals surface area contributed by atoms with Crippen LogP contribution in [0.3, 0.4) is 0 Å². The monoisotopic (exact) mass is 244 g/mol. The molecule has 2 aromatic rings. The lowest BCUT2D eigenvalue weighted by atomic mass is 10.1. The zero-order chi connectivity index (χ0) is 13.0. The Kier molecular flexibility index (Phi) is 3.82. The summed E-state index contributed by atoms with van der Waals surface area (Å²) >= 11 is 0. The maximum Gasteiger partial charge on any atom is 0.148 e. The van der Waals surface area contributed by atoms with Gasteiger partial charge in [0.25, 0.3) is 0 Å². The number of nitrogen functional groups attached to an aromatic ring is 1. The van der Waals surface area contributed by atoms with Crippen molar-refractivity contribution in [2.24, 2.45) is 0 Å². The van der Waals surface area contributed by atoms with E-state index in [0.29, 0.717) is 17.9 Å². The van der Waals surface area contributed by atoms with Crippen molar-refractivity contribution in [2.75, 3.05) is 17.6 Å². The molecule has 2 rings (SSSR count). The molecule has 0 fully saturated rings. The van der Waals surface area contributed by atoms with Gasteiger partial charge in [-0.05, 0) is 31.0 Å². The van der Waals surface area contributed by atoms with E-state index in [4.69, 9.17) is 5.73 Å². The van der Waals surface area contributed by atoms with Crippen molar-refractivity contribution in [1.82, 2.24) is 0 Å². The standard InChI is InChI=1S/C15H17FN2/c1-11-4-2-5-12(10-11)8-9-18-15-13(16)6-3-7-14(15)17/h2-7,10,18H,8-9,17H2,1H3. The number of para-hydroxylation sites is 1. The van der Waals surface area contributed by atoms with Crippen molar-refractivity contribution >= 4 is 11.4 Å². The Hall–Kier alpha value is -2.03. The van der Waals surface area contributed by atoms with Crippen LogP contribution in [0.4, 0.5) is 15.8 Å². The first-order valence-corrected chi connectivity index (χ1v) is 6.00. The molecule has 0 saturated carbocycles. The van der Waals surface area contributed by atoms with E-state index in [1.807, 2.05) is 6.07 Å². The Labute approximate surface area is 107 Å². The van der Waals surface area contributed by atoms with Gasteiger partial charge in [0.05, 0.1) is 11.4 Å². The zero-order valence-corrected chi connectivity index (χ0v) is 10.4. The fourth-order valence-corrected chi connectivity index (χ4v) is 1.93. The molecule has 0 heterocycles. The van der Waals surface area contributed by atoms with E-state index in [0.717, 1.165) is 6.42 Å². The third-order valence-corrected chi connectivity index (χ3v) is 2.84. The van der Waals surface area contributed by atoms with Gasteiger partial charge in [0.15, 0.2) is 0 Å². The molecule has 0 unspecified atom stereocenters. The van der Waals surface area contributed by atoms with Gasteiger partial charge in [-0.1, -0.05) is 35.9 Å². The smallest absolute Gasteiger partial charge is 0.148 e. The van der Waals surface area contributed by atoms with Crippen LogP contribution in [0.25, 0.3) is 0 Å². The molecule has 3 heteroatoms. The minimum atomic E-state index is -0.306. The van der Waals surface area contributed by atoms with E-state index in [1.165, 1.54) is 17.2 Å². The molecule has 18 heavy (non-hydrogen) atoms. The highest BCUT2D eigenvalue weighted by Gasteiger charge is 2.04. The Balaban J connectivity index is 1.97. The quantitative estimate of drug-likeness (QED) is 0.809. The molecule has 0 aromatic heterocycles. The number of nitrogens with two attached hydrogens (primary N) is 1. The minimum absolute atomic E-state index is 0.306. The molecule has 3 N–H and O–H groups in total. The van der Waals surface area contributed by atoms with Crippen molar-refractivity contribution in [3.05, 3.63) is 59.4 Å². The molecule has 0 spiro atoms. The number of halogens is 1. The fraction of sp³-hybridized carbons (Fsp3) is 0.200. The van der Waals surface area contributed by atoms with Crippen LogP contribution in [0.5, 0.6) is 0 Å². The van der Waals surface area contributed by atoms with Crippen LogP contribution in [0.2, 0.25) is 0 Å². The van der Waals surface area contributed by atoms with Crippen LogP contribution in [0.15, 0.2) is 42.5 Å². The first-order valence-electron chi connectivity index (χ1n) is 6.00.